The summed E-state index contributed by atoms with van der Waals surface area (Å²) in [4.78, 5) is -0.506. The van der Waals surface area contributed by atoms with Crippen molar-refractivity contribution in [2.24, 2.45) is 0 Å². The summed E-state index contributed by atoms with van der Waals surface area (Å²) in [7, 11) is -4.05. The van der Waals surface area contributed by atoms with Crippen molar-refractivity contribution < 1.29 is 21.6 Å². The van der Waals surface area contributed by atoms with E-state index in [1.807, 2.05) is 0 Å². The van der Waals surface area contributed by atoms with E-state index in [2.05, 4.69) is 5.32 Å². The van der Waals surface area contributed by atoms with Gasteiger partial charge in [0.25, 0.3) is 0 Å². The van der Waals surface area contributed by atoms with Crippen LogP contribution >= 0.6 is 11.6 Å². The van der Waals surface area contributed by atoms with Gasteiger partial charge < -0.3 is 5.32 Å². The van der Waals surface area contributed by atoms with Crippen molar-refractivity contribution in [3.8, 4) is 0 Å². The summed E-state index contributed by atoms with van der Waals surface area (Å²) in [6.45, 7) is 2.63. The van der Waals surface area contributed by atoms with E-state index in [-0.39, 0.29) is 24.2 Å². The third-order valence-corrected chi connectivity index (χ3v) is 5.55. The third kappa shape index (κ3) is 3.50. The molecular formula is C12H14ClF3N2O2S. The van der Waals surface area contributed by atoms with Gasteiger partial charge in [-0.3, -0.25) is 0 Å². The molecule has 1 N–H and O–H groups in total. The van der Waals surface area contributed by atoms with Gasteiger partial charge in [-0.2, -0.15) is 17.5 Å². The van der Waals surface area contributed by atoms with Gasteiger partial charge in [0, 0.05) is 25.7 Å². The molecule has 0 aliphatic carbocycles. The molecule has 4 nitrogen and oxygen atoms in total. The topological polar surface area (TPSA) is 49.4 Å². The highest BCUT2D eigenvalue weighted by Gasteiger charge is 2.35. The summed E-state index contributed by atoms with van der Waals surface area (Å²) in [6.07, 6.45) is -4.62. The van der Waals surface area contributed by atoms with Crippen LogP contribution in [-0.2, 0) is 16.2 Å². The van der Waals surface area contributed by atoms with Gasteiger partial charge in [0.2, 0.25) is 10.0 Å². The molecule has 0 spiro atoms. The summed E-state index contributed by atoms with van der Waals surface area (Å²) in [5, 5.41) is 2.85. The van der Waals surface area contributed by atoms with E-state index in [1.165, 1.54) is 0 Å². The van der Waals surface area contributed by atoms with Gasteiger partial charge >= 0.3 is 6.18 Å². The van der Waals surface area contributed by atoms with E-state index in [0.717, 1.165) is 16.4 Å². The van der Waals surface area contributed by atoms with Crippen molar-refractivity contribution in [2.75, 3.05) is 19.6 Å². The van der Waals surface area contributed by atoms with Gasteiger partial charge in [-0.1, -0.05) is 11.6 Å². The van der Waals surface area contributed by atoms with Crippen LogP contribution in [0.2, 0.25) is 5.02 Å². The number of benzene rings is 1. The molecule has 21 heavy (non-hydrogen) atoms. The zero-order chi connectivity index (χ0) is 15.8. The van der Waals surface area contributed by atoms with Crippen molar-refractivity contribution in [1.82, 2.24) is 9.62 Å². The van der Waals surface area contributed by atoms with Crippen LogP contribution in [0.3, 0.4) is 0 Å². The number of alkyl halides is 3. The highest BCUT2D eigenvalue weighted by Crippen LogP contribution is 2.34. The molecule has 0 amide bonds. The Labute approximate surface area is 125 Å². The maximum Gasteiger partial charge on any atom is 0.416 e. The molecule has 1 aliphatic heterocycles. The number of nitrogens with one attached hydrogen (secondary N) is 1. The molecule has 1 aliphatic rings. The Kier molecular flexibility index (Phi) is 4.53. The predicted molar refractivity (Wildman–Crippen MR) is 72.7 cm³/mol. The quantitative estimate of drug-likeness (QED) is 0.897. The van der Waals surface area contributed by atoms with Crippen molar-refractivity contribution in [2.45, 2.75) is 24.0 Å². The van der Waals surface area contributed by atoms with E-state index in [9.17, 15) is 21.6 Å². The van der Waals surface area contributed by atoms with E-state index < -0.39 is 26.7 Å². The molecule has 1 heterocycles. The fourth-order valence-electron chi connectivity index (χ4n) is 2.13. The van der Waals surface area contributed by atoms with E-state index in [4.69, 9.17) is 11.6 Å². The number of hydrogen-bond acceptors (Lipinski definition) is 3. The first kappa shape index (κ1) is 16.5. The predicted octanol–water partition coefficient (Wildman–Crippen LogP) is 2.34. The lowest BCUT2D eigenvalue weighted by atomic mass is 10.2. The second-order valence-electron chi connectivity index (χ2n) is 4.86. The summed E-state index contributed by atoms with van der Waals surface area (Å²) in [5.74, 6) is 0. The second kappa shape index (κ2) is 5.75. The van der Waals surface area contributed by atoms with Crippen LogP contribution in [0.4, 0.5) is 13.2 Å². The van der Waals surface area contributed by atoms with Crippen LogP contribution in [0.25, 0.3) is 0 Å². The Morgan fingerprint density at radius 2 is 2.05 bits per heavy atom. The molecule has 1 fully saturated rings. The van der Waals surface area contributed by atoms with Crippen LogP contribution in [0, 0.1) is 0 Å². The molecule has 0 aromatic heterocycles. The molecule has 9 heteroatoms. The Balaban J connectivity index is 2.44. The van der Waals surface area contributed by atoms with Crippen LogP contribution in [0.5, 0.6) is 0 Å². The molecule has 118 valence electrons. The number of sulfonamides is 1. The number of rotatable bonds is 2. The van der Waals surface area contributed by atoms with Crippen molar-refractivity contribution in [3.05, 3.63) is 28.8 Å². The van der Waals surface area contributed by atoms with Gasteiger partial charge in [-0.05, 0) is 25.1 Å². The lowest BCUT2D eigenvalue weighted by Crippen LogP contribution is -2.51. The van der Waals surface area contributed by atoms with Crippen molar-refractivity contribution in [3.63, 3.8) is 0 Å². The van der Waals surface area contributed by atoms with Gasteiger partial charge in [0.15, 0.2) is 0 Å². The maximum atomic E-state index is 12.7. The first-order chi connectivity index (χ1) is 9.62. The van der Waals surface area contributed by atoms with Crippen molar-refractivity contribution in [1.29, 1.82) is 0 Å². The lowest BCUT2D eigenvalue weighted by molar-refractivity contribution is -0.137. The molecule has 1 saturated heterocycles. The minimum atomic E-state index is -4.62. The number of nitrogens with zero attached hydrogens (tertiary/aromatic N) is 1. The van der Waals surface area contributed by atoms with Crippen LogP contribution < -0.4 is 5.32 Å². The number of piperazine rings is 1. The zero-order valence-corrected chi connectivity index (χ0v) is 12.7. The Bertz CT molecular complexity index is 634. The zero-order valence-electron chi connectivity index (χ0n) is 11.1. The molecule has 1 aromatic rings. The average molecular weight is 343 g/mol. The van der Waals surface area contributed by atoms with Crippen molar-refractivity contribution >= 4 is 21.6 Å². The Morgan fingerprint density at radius 3 is 2.62 bits per heavy atom. The lowest BCUT2D eigenvalue weighted by Gasteiger charge is -2.31. The molecule has 0 unspecified atom stereocenters. The van der Waals surface area contributed by atoms with Crippen LogP contribution in [-0.4, -0.2) is 38.4 Å². The molecule has 2 rings (SSSR count). The fraction of sp³-hybridized carbons (Fsp3) is 0.500. The minimum Gasteiger partial charge on any atom is -0.312 e. The SMILES string of the molecule is C[C@@H]1CN(S(=O)(=O)c2cc(C(F)(F)F)ccc2Cl)CCN1. The first-order valence-corrected chi connectivity index (χ1v) is 8.04. The Hall–Kier alpha value is -0.830. The maximum absolute atomic E-state index is 12.7. The number of hydrogen-bond donors (Lipinski definition) is 1. The molecular weight excluding hydrogens is 329 g/mol. The minimum absolute atomic E-state index is 0.0712. The Morgan fingerprint density at radius 1 is 1.38 bits per heavy atom. The molecule has 1 aromatic carbocycles. The second-order valence-corrected chi connectivity index (χ2v) is 7.17. The van der Waals surface area contributed by atoms with Gasteiger partial charge in [-0.15, -0.1) is 0 Å². The normalized spacial score (nSPS) is 21.5. The average Bonchev–Trinajstić information content (AvgIpc) is 2.37. The van der Waals surface area contributed by atoms with Crippen LogP contribution in [0.15, 0.2) is 23.1 Å². The fourth-order valence-corrected chi connectivity index (χ4v) is 4.16. The highest BCUT2D eigenvalue weighted by atomic mass is 35.5. The number of halogens is 4. The molecule has 1 atom stereocenters. The summed E-state index contributed by atoms with van der Waals surface area (Å²) < 4.78 is 64.3. The van der Waals surface area contributed by atoms with Gasteiger partial charge in [0.1, 0.15) is 4.90 Å². The largest absolute Gasteiger partial charge is 0.416 e. The summed E-state index contributed by atoms with van der Waals surface area (Å²) in [5.41, 5.74) is -1.03. The van der Waals surface area contributed by atoms with E-state index >= 15 is 0 Å². The highest BCUT2D eigenvalue weighted by molar-refractivity contribution is 7.89. The summed E-state index contributed by atoms with van der Waals surface area (Å²) >= 11 is 5.80. The summed E-state index contributed by atoms with van der Waals surface area (Å²) in [6, 6.07) is 2.24. The van der Waals surface area contributed by atoms with Gasteiger partial charge in [0.05, 0.1) is 10.6 Å². The third-order valence-electron chi connectivity index (χ3n) is 3.21. The molecule has 0 bridgehead atoms. The van der Waals surface area contributed by atoms with Gasteiger partial charge in [-0.25, -0.2) is 8.42 Å². The van der Waals surface area contributed by atoms with E-state index in [1.54, 1.807) is 6.92 Å². The molecule has 0 saturated carbocycles. The van der Waals surface area contributed by atoms with E-state index in [0.29, 0.717) is 12.6 Å². The van der Waals surface area contributed by atoms with Crippen LogP contribution in [0.1, 0.15) is 12.5 Å². The molecule has 0 radical (unpaired) electrons. The standard InChI is InChI=1S/C12H14ClF3N2O2S/c1-8-7-18(5-4-17-8)21(19,20)11-6-9(12(14,15)16)2-3-10(11)13/h2-3,6,8,17H,4-5,7H2,1H3/t8-/m1/s1. The first-order valence-electron chi connectivity index (χ1n) is 6.22. The monoisotopic (exact) mass is 342 g/mol. The smallest absolute Gasteiger partial charge is 0.312 e.